The fourth-order valence-corrected chi connectivity index (χ4v) is 1.69. The second kappa shape index (κ2) is 4.12. The van der Waals surface area contributed by atoms with Crippen molar-refractivity contribution in [2.45, 2.75) is 13.8 Å². The topological polar surface area (TPSA) is 47.9 Å². The molecule has 0 atom stereocenters. The van der Waals surface area contributed by atoms with Gasteiger partial charge in [0.1, 0.15) is 5.75 Å². The van der Waals surface area contributed by atoms with Crippen molar-refractivity contribution in [3.05, 3.63) is 28.3 Å². The van der Waals surface area contributed by atoms with Crippen LogP contribution in [0.25, 0.3) is 0 Å². The summed E-state index contributed by atoms with van der Waals surface area (Å²) in [5.74, 6) is 0.702. The summed E-state index contributed by atoms with van der Waals surface area (Å²) in [7, 11) is 0. The molecule has 2 aromatic rings. The Bertz CT molecular complexity index is 449. The first-order valence-corrected chi connectivity index (χ1v) is 5.41. The Morgan fingerprint density at radius 2 is 1.93 bits per heavy atom. The summed E-state index contributed by atoms with van der Waals surface area (Å²) >= 11 is 7.14. The van der Waals surface area contributed by atoms with E-state index in [4.69, 9.17) is 16.3 Å². The summed E-state index contributed by atoms with van der Waals surface area (Å²) in [6.45, 7) is 3.86. The molecule has 6 heteroatoms. The van der Waals surface area contributed by atoms with Crippen molar-refractivity contribution in [1.82, 2.24) is 14.8 Å². The van der Waals surface area contributed by atoms with Gasteiger partial charge in [-0.2, -0.15) is 0 Å². The molecule has 0 aliphatic carbocycles. The van der Waals surface area contributed by atoms with Crippen LogP contribution in [0.15, 0.2) is 12.1 Å². The van der Waals surface area contributed by atoms with Crippen LogP contribution in [-0.4, -0.2) is 14.8 Å². The number of hydrogen-bond donors (Lipinski definition) is 0. The van der Waals surface area contributed by atoms with Gasteiger partial charge in [0.05, 0.1) is 0 Å². The molecule has 0 bridgehead atoms. The van der Waals surface area contributed by atoms with Crippen molar-refractivity contribution in [2.75, 3.05) is 0 Å². The molecule has 1 heterocycles. The molecule has 0 aliphatic rings. The maximum Gasteiger partial charge on any atom is 0.319 e. The number of hydrogen-bond acceptors (Lipinski definition) is 5. The average molecular weight is 242 g/mol. The van der Waals surface area contributed by atoms with Gasteiger partial charge < -0.3 is 4.74 Å². The summed E-state index contributed by atoms with van der Waals surface area (Å²) in [5, 5.41) is 8.33. The van der Waals surface area contributed by atoms with E-state index in [0.717, 1.165) is 27.7 Å². The number of halogens is 1. The Morgan fingerprint density at radius 3 is 2.47 bits per heavy atom. The molecule has 1 aromatic carbocycles. The molecule has 1 aromatic heterocycles. The number of benzene rings is 1. The number of aromatic nitrogens is 3. The van der Waals surface area contributed by atoms with Crippen LogP contribution in [-0.2, 0) is 0 Å². The van der Waals surface area contributed by atoms with E-state index >= 15 is 0 Å². The van der Waals surface area contributed by atoms with E-state index in [0.29, 0.717) is 10.9 Å². The van der Waals surface area contributed by atoms with Gasteiger partial charge in [0.25, 0.3) is 0 Å². The summed E-state index contributed by atoms with van der Waals surface area (Å²) in [4.78, 5) is 0. The predicted molar refractivity (Wildman–Crippen MR) is 58.7 cm³/mol. The predicted octanol–water partition coefficient (Wildman–Crippen LogP) is 3.00. The monoisotopic (exact) mass is 241 g/mol. The zero-order valence-corrected chi connectivity index (χ0v) is 9.76. The molecule has 0 amide bonds. The largest absolute Gasteiger partial charge is 0.429 e. The molecule has 2 rings (SSSR count). The van der Waals surface area contributed by atoms with Crippen molar-refractivity contribution >= 4 is 23.1 Å². The quantitative estimate of drug-likeness (QED) is 0.811. The molecule has 0 aliphatic heterocycles. The fraction of sp³-hybridized carbons (Fsp3) is 0.222. The number of aryl methyl sites for hydroxylation is 2. The SMILES string of the molecule is Cc1cc(Oc2nnns2)cc(C)c1Cl. The number of rotatable bonds is 2. The van der Waals surface area contributed by atoms with Crippen LogP contribution in [0.3, 0.4) is 0 Å². The highest BCUT2D eigenvalue weighted by molar-refractivity contribution is 7.07. The lowest BCUT2D eigenvalue weighted by Gasteiger charge is -2.06. The van der Waals surface area contributed by atoms with Gasteiger partial charge in [-0.25, -0.2) is 0 Å². The van der Waals surface area contributed by atoms with E-state index in [9.17, 15) is 0 Å². The summed E-state index contributed by atoms with van der Waals surface area (Å²) in [6.07, 6.45) is 0. The van der Waals surface area contributed by atoms with E-state index in [2.05, 4.69) is 14.8 Å². The lowest BCUT2D eigenvalue weighted by atomic mass is 10.1. The second-order valence-electron chi connectivity index (χ2n) is 3.10. The molecule has 0 N–H and O–H groups in total. The third kappa shape index (κ3) is 2.24. The highest BCUT2D eigenvalue weighted by atomic mass is 35.5. The van der Waals surface area contributed by atoms with Gasteiger partial charge in [-0.3, -0.25) is 0 Å². The van der Waals surface area contributed by atoms with E-state index in [-0.39, 0.29) is 0 Å². The third-order valence-electron chi connectivity index (χ3n) is 1.90. The Kier molecular flexibility index (Phi) is 2.83. The van der Waals surface area contributed by atoms with Crippen molar-refractivity contribution in [3.63, 3.8) is 0 Å². The molecular weight excluding hydrogens is 234 g/mol. The van der Waals surface area contributed by atoms with Crippen LogP contribution in [0.2, 0.25) is 5.02 Å². The minimum atomic E-state index is 0.427. The number of nitrogens with zero attached hydrogens (tertiary/aromatic N) is 3. The molecule has 4 nitrogen and oxygen atoms in total. The Morgan fingerprint density at radius 1 is 1.27 bits per heavy atom. The zero-order valence-electron chi connectivity index (χ0n) is 8.19. The van der Waals surface area contributed by atoms with E-state index < -0.39 is 0 Å². The first kappa shape index (κ1) is 10.3. The van der Waals surface area contributed by atoms with Gasteiger partial charge in [0, 0.05) is 16.6 Å². The number of ether oxygens (including phenoxy) is 1. The minimum absolute atomic E-state index is 0.427. The zero-order chi connectivity index (χ0) is 10.8. The van der Waals surface area contributed by atoms with Gasteiger partial charge >= 0.3 is 5.19 Å². The van der Waals surface area contributed by atoms with Gasteiger partial charge in [0.2, 0.25) is 0 Å². The maximum absolute atomic E-state index is 6.04. The molecule has 0 spiro atoms. The molecule has 15 heavy (non-hydrogen) atoms. The average Bonchev–Trinajstić information content (AvgIpc) is 2.66. The Labute approximate surface area is 96.0 Å². The summed E-state index contributed by atoms with van der Waals surface area (Å²) in [6, 6.07) is 3.72. The first-order chi connectivity index (χ1) is 7.16. The van der Waals surface area contributed by atoms with E-state index in [1.54, 1.807) is 0 Å². The van der Waals surface area contributed by atoms with E-state index in [1.165, 1.54) is 0 Å². The summed E-state index contributed by atoms with van der Waals surface area (Å²) in [5.41, 5.74) is 1.95. The van der Waals surface area contributed by atoms with Crippen LogP contribution < -0.4 is 4.74 Å². The van der Waals surface area contributed by atoms with Gasteiger partial charge in [-0.15, -0.1) is 0 Å². The first-order valence-electron chi connectivity index (χ1n) is 4.26. The van der Waals surface area contributed by atoms with Crippen LogP contribution in [0.4, 0.5) is 0 Å². The van der Waals surface area contributed by atoms with E-state index in [1.807, 2.05) is 26.0 Å². The van der Waals surface area contributed by atoms with Crippen molar-refractivity contribution < 1.29 is 4.74 Å². The van der Waals surface area contributed by atoms with Crippen molar-refractivity contribution in [3.8, 4) is 10.9 Å². The molecule has 78 valence electrons. The fourth-order valence-electron chi connectivity index (χ4n) is 1.23. The van der Waals surface area contributed by atoms with Crippen molar-refractivity contribution in [1.29, 1.82) is 0 Å². The lowest BCUT2D eigenvalue weighted by Crippen LogP contribution is -1.87. The summed E-state index contributed by atoms with van der Waals surface area (Å²) < 4.78 is 9.07. The van der Waals surface area contributed by atoms with Crippen LogP contribution in [0.5, 0.6) is 10.9 Å². The van der Waals surface area contributed by atoms with Gasteiger partial charge in [-0.1, -0.05) is 21.2 Å². The van der Waals surface area contributed by atoms with Crippen molar-refractivity contribution in [2.24, 2.45) is 0 Å². The standard InChI is InChI=1S/C9H8ClN3OS/c1-5-3-7(4-6(2)8(5)10)14-9-11-12-13-15-9/h3-4H,1-2H3. The smallest absolute Gasteiger partial charge is 0.319 e. The second-order valence-corrected chi connectivity index (χ2v) is 4.17. The molecular formula is C9H8ClN3OS. The highest BCUT2D eigenvalue weighted by Gasteiger charge is 2.06. The molecule has 0 radical (unpaired) electrons. The van der Waals surface area contributed by atoms with Crippen LogP contribution in [0, 0.1) is 13.8 Å². The maximum atomic E-state index is 6.04. The highest BCUT2D eigenvalue weighted by Crippen LogP contribution is 2.28. The molecule has 0 fully saturated rings. The molecule has 0 saturated heterocycles. The van der Waals surface area contributed by atoms with Gasteiger partial charge in [-0.05, 0) is 42.3 Å². The Balaban J connectivity index is 2.30. The molecule has 0 unspecified atom stereocenters. The Hall–Kier alpha value is -1.20. The minimum Gasteiger partial charge on any atom is -0.429 e. The van der Waals surface area contributed by atoms with Crippen LogP contribution in [0.1, 0.15) is 11.1 Å². The third-order valence-corrected chi connectivity index (χ3v) is 2.97. The van der Waals surface area contributed by atoms with Gasteiger partial charge in [0.15, 0.2) is 0 Å². The molecule has 0 saturated carbocycles. The normalized spacial score (nSPS) is 10.3. The van der Waals surface area contributed by atoms with Crippen LogP contribution >= 0.6 is 23.1 Å². The lowest BCUT2D eigenvalue weighted by molar-refractivity contribution is 0.472.